The highest BCUT2D eigenvalue weighted by atomic mass is 16.6. The van der Waals surface area contributed by atoms with Gasteiger partial charge in [-0.15, -0.1) is 0 Å². The standard InChI is InChI=1S/C16H19NO5/c1-10(18)14-15(21)17(16(14)22-11(2)19)13(20)9-8-12-6-4-3-5-7-12/h3-7,10,14,16,18H,8-9H2,1-2H3/t10-,14+,16-/m1/s1. The number of nitrogens with zero attached hydrogens (tertiary/aromatic N) is 1. The second-order valence-corrected chi connectivity index (χ2v) is 5.35. The van der Waals surface area contributed by atoms with Crippen molar-refractivity contribution in [3.63, 3.8) is 0 Å². The Kier molecular flexibility index (Phi) is 4.92. The highest BCUT2D eigenvalue weighted by Crippen LogP contribution is 2.31. The summed E-state index contributed by atoms with van der Waals surface area (Å²) < 4.78 is 5.00. The van der Waals surface area contributed by atoms with Gasteiger partial charge in [-0.3, -0.25) is 14.4 Å². The van der Waals surface area contributed by atoms with E-state index in [0.717, 1.165) is 10.5 Å². The molecule has 2 rings (SSSR count). The predicted octanol–water partition coefficient (Wildman–Crippen LogP) is 0.874. The maximum absolute atomic E-state index is 12.2. The van der Waals surface area contributed by atoms with Crippen LogP contribution in [0.2, 0.25) is 0 Å². The highest BCUT2D eigenvalue weighted by molar-refractivity contribution is 6.02. The van der Waals surface area contributed by atoms with E-state index in [1.54, 1.807) is 0 Å². The van der Waals surface area contributed by atoms with E-state index >= 15 is 0 Å². The maximum atomic E-state index is 12.2. The van der Waals surface area contributed by atoms with Crippen LogP contribution >= 0.6 is 0 Å². The molecule has 118 valence electrons. The average Bonchev–Trinajstić information content (AvgIpc) is 2.45. The number of aryl methyl sites for hydroxylation is 1. The number of aliphatic hydroxyl groups is 1. The predicted molar refractivity (Wildman–Crippen MR) is 77.3 cm³/mol. The number of amides is 2. The first-order valence-corrected chi connectivity index (χ1v) is 7.17. The number of benzene rings is 1. The lowest BCUT2D eigenvalue weighted by Gasteiger charge is -2.45. The van der Waals surface area contributed by atoms with Gasteiger partial charge in [-0.2, -0.15) is 0 Å². The van der Waals surface area contributed by atoms with Crippen LogP contribution in [0.15, 0.2) is 30.3 Å². The topological polar surface area (TPSA) is 83.9 Å². The molecular weight excluding hydrogens is 286 g/mol. The maximum Gasteiger partial charge on any atom is 0.304 e. The normalized spacial score (nSPS) is 22.0. The van der Waals surface area contributed by atoms with Crippen molar-refractivity contribution in [3.05, 3.63) is 35.9 Å². The Balaban J connectivity index is 2.01. The number of β-lactam (4-membered cyclic amide) rings is 1. The molecule has 1 saturated heterocycles. The molecule has 0 aromatic heterocycles. The fourth-order valence-electron chi connectivity index (χ4n) is 2.51. The van der Waals surface area contributed by atoms with Gasteiger partial charge in [0.2, 0.25) is 11.8 Å². The van der Waals surface area contributed by atoms with E-state index < -0.39 is 36.0 Å². The van der Waals surface area contributed by atoms with Gasteiger partial charge in [0.15, 0.2) is 6.23 Å². The minimum atomic E-state index is -1.01. The summed E-state index contributed by atoms with van der Waals surface area (Å²) >= 11 is 0. The van der Waals surface area contributed by atoms with Crippen LogP contribution in [0.3, 0.4) is 0 Å². The second kappa shape index (κ2) is 6.70. The van der Waals surface area contributed by atoms with Crippen molar-refractivity contribution in [1.29, 1.82) is 0 Å². The molecule has 2 amide bonds. The molecule has 1 N–H and O–H groups in total. The summed E-state index contributed by atoms with van der Waals surface area (Å²) in [5, 5.41) is 9.58. The van der Waals surface area contributed by atoms with E-state index in [-0.39, 0.29) is 6.42 Å². The number of rotatable bonds is 5. The monoisotopic (exact) mass is 305 g/mol. The van der Waals surface area contributed by atoms with E-state index in [1.165, 1.54) is 13.8 Å². The Morgan fingerprint density at radius 1 is 1.32 bits per heavy atom. The van der Waals surface area contributed by atoms with Gasteiger partial charge in [-0.1, -0.05) is 30.3 Å². The SMILES string of the molecule is CC(=O)O[C@@H]1[C@@H]([C@@H](C)O)C(=O)N1C(=O)CCc1ccccc1. The molecule has 3 atom stereocenters. The molecule has 1 aliphatic heterocycles. The molecule has 0 spiro atoms. The summed E-state index contributed by atoms with van der Waals surface area (Å²) in [6.45, 7) is 2.64. The van der Waals surface area contributed by atoms with Crippen LogP contribution in [0.25, 0.3) is 0 Å². The molecule has 0 saturated carbocycles. The minimum absolute atomic E-state index is 0.139. The smallest absolute Gasteiger partial charge is 0.304 e. The molecule has 1 aliphatic rings. The van der Waals surface area contributed by atoms with Crippen molar-refractivity contribution < 1.29 is 24.2 Å². The zero-order chi connectivity index (χ0) is 16.3. The third kappa shape index (κ3) is 3.33. The van der Waals surface area contributed by atoms with Crippen LogP contribution in [0.4, 0.5) is 0 Å². The van der Waals surface area contributed by atoms with Gasteiger partial charge < -0.3 is 9.84 Å². The van der Waals surface area contributed by atoms with Gasteiger partial charge in [-0.05, 0) is 18.9 Å². The fourth-order valence-corrected chi connectivity index (χ4v) is 2.51. The van der Waals surface area contributed by atoms with Crippen LogP contribution in [0.5, 0.6) is 0 Å². The Hall–Kier alpha value is -2.21. The number of carbonyl (C=O) groups is 3. The summed E-state index contributed by atoms with van der Waals surface area (Å²) in [7, 11) is 0. The Bertz CT molecular complexity index is 569. The van der Waals surface area contributed by atoms with Gasteiger partial charge >= 0.3 is 5.97 Å². The van der Waals surface area contributed by atoms with E-state index in [0.29, 0.717) is 6.42 Å². The van der Waals surface area contributed by atoms with Gasteiger partial charge in [0, 0.05) is 13.3 Å². The van der Waals surface area contributed by atoms with Crippen molar-refractivity contribution in [2.75, 3.05) is 0 Å². The zero-order valence-electron chi connectivity index (χ0n) is 12.6. The Morgan fingerprint density at radius 2 is 1.95 bits per heavy atom. The number of carbonyl (C=O) groups excluding carboxylic acids is 3. The number of hydrogen-bond donors (Lipinski definition) is 1. The lowest BCUT2D eigenvalue weighted by atomic mass is 9.89. The lowest BCUT2D eigenvalue weighted by Crippen LogP contribution is -2.67. The fraction of sp³-hybridized carbons (Fsp3) is 0.438. The van der Waals surface area contributed by atoms with Crippen molar-refractivity contribution in [1.82, 2.24) is 4.90 Å². The van der Waals surface area contributed by atoms with Crippen LogP contribution in [0, 0.1) is 5.92 Å². The van der Waals surface area contributed by atoms with E-state index in [4.69, 9.17) is 4.74 Å². The van der Waals surface area contributed by atoms with Crippen LogP contribution in [-0.4, -0.2) is 40.1 Å². The zero-order valence-corrected chi connectivity index (χ0v) is 12.6. The summed E-state index contributed by atoms with van der Waals surface area (Å²) in [4.78, 5) is 36.3. The van der Waals surface area contributed by atoms with Crippen LogP contribution in [-0.2, 0) is 25.5 Å². The number of esters is 1. The summed E-state index contributed by atoms with van der Waals surface area (Å²) in [5.74, 6) is -2.37. The van der Waals surface area contributed by atoms with Crippen molar-refractivity contribution in [3.8, 4) is 0 Å². The molecule has 0 unspecified atom stereocenters. The molecule has 1 fully saturated rings. The number of aliphatic hydroxyl groups excluding tert-OH is 1. The second-order valence-electron chi connectivity index (χ2n) is 5.35. The van der Waals surface area contributed by atoms with E-state index in [1.807, 2.05) is 30.3 Å². The van der Waals surface area contributed by atoms with Gasteiger partial charge in [0.25, 0.3) is 0 Å². The minimum Gasteiger partial charge on any atom is -0.440 e. The molecule has 0 radical (unpaired) electrons. The first kappa shape index (κ1) is 16.2. The van der Waals surface area contributed by atoms with Crippen LogP contribution < -0.4 is 0 Å². The average molecular weight is 305 g/mol. The largest absolute Gasteiger partial charge is 0.440 e. The van der Waals surface area contributed by atoms with Gasteiger partial charge in [0.1, 0.15) is 5.92 Å². The summed E-state index contributed by atoms with van der Waals surface area (Å²) in [6, 6.07) is 9.43. The Morgan fingerprint density at radius 3 is 2.50 bits per heavy atom. The number of likely N-dealkylation sites (tertiary alicyclic amines) is 1. The van der Waals surface area contributed by atoms with Crippen molar-refractivity contribution in [2.24, 2.45) is 5.92 Å². The van der Waals surface area contributed by atoms with Crippen molar-refractivity contribution >= 4 is 17.8 Å². The molecule has 22 heavy (non-hydrogen) atoms. The molecule has 1 aromatic carbocycles. The third-order valence-corrected chi connectivity index (χ3v) is 3.63. The Labute approximate surface area is 128 Å². The molecule has 6 nitrogen and oxygen atoms in total. The van der Waals surface area contributed by atoms with Gasteiger partial charge in [0.05, 0.1) is 6.10 Å². The molecule has 1 heterocycles. The first-order valence-electron chi connectivity index (χ1n) is 7.17. The highest BCUT2D eigenvalue weighted by Gasteiger charge is 2.54. The number of ether oxygens (including phenoxy) is 1. The first-order chi connectivity index (χ1) is 10.4. The van der Waals surface area contributed by atoms with Crippen molar-refractivity contribution in [2.45, 2.75) is 39.0 Å². The molecule has 0 bridgehead atoms. The van der Waals surface area contributed by atoms with Crippen LogP contribution in [0.1, 0.15) is 25.8 Å². The molecule has 0 aliphatic carbocycles. The van der Waals surface area contributed by atoms with Gasteiger partial charge in [-0.25, -0.2) is 4.90 Å². The molecule has 1 aromatic rings. The number of imide groups is 1. The lowest BCUT2D eigenvalue weighted by molar-refractivity contribution is -0.207. The van der Waals surface area contributed by atoms with E-state index in [2.05, 4.69) is 0 Å². The molecular formula is C16H19NO5. The summed E-state index contributed by atoms with van der Waals surface area (Å²) in [5.41, 5.74) is 0.986. The number of hydrogen-bond acceptors (Lipinski definition) is 5. The summed E-state index contributed by atoms with van der Waals surface area (Å²) in [6.07, 6.45) is -1.35. The quantitative estimate of drug-likeness (QED) is 0.645. The van der Waals surface area contributed by atoms with E-state index in [9.17, 15) is 19.5 Å². The molecule has 6 heteroatoms. The third-order valence-electron chi connectivity index (χ3n) is 3.63.